The summed E-state index contributed by atoms with van der Waals surface area (Å²) in [7, 11) is 0. The van der Waals surface area contributed by atoms with E-state index < -0.39 is 17.9 Å². The van der Waals surface area contributed by atoms with Crippen LogP contribution in [0.4, 0.5) is 5.69 Å². The highest BCUT2D eigenvalue weighted by molar-refractivity contribution is 5.94. The van der Waals surface area contributed by atoms with Crippen molar-refractivity contribution in [3.8, 4) is 17.4 Å². The third-order valence-corrected chi connectivity index (χ3v) is 4.14. The van der Waals surface area contributed by atoms with Gasteiger partial charge in [-0.15, -0.1) is 10.2 Å². The van der Waals surface area contributed by atoms with Crippen LogP contribution in [-0.4, -0.2) is 41.2 Å². The Morgan fingerprint density at radius 1 is 1.14 bits per heavy atom. The lowest BCUT2D eigenvalue weighted by atomic mass is 10.2. The van der Waals surface area contributed by atoms with Crippen LogP contribution in [0.25, 0.3) is 10.9 Å². The fourth-order valence-corrected chi connectivity index (χ4v) is 2.78. The summed E-state index contributed by atoms with van der Waals surface area (Å²) >= 11 is 0. The number of benzene rings is 2. The van der Waals surface area contributed by atoms with Crippen LogP contribution in [0.5, 0.6) is 17.4 Å². The van der Waals surface area contributed by atoms with Crippen LogP contribution >= 0.6 is 0 Å². The number of amides is 2. The third kappa shape index (κ3) is 3.50. The Hall–Kier alpha value is -3.88. The van der Waals surface area contributed by atoms with E-state index in [2.05, 4.69) is 20.5 Å². The second-order valence-corrected chi connectivity index (χ2v) is 6.04. The smallest absolute Gasteiger partial charge is 0.283 e. The summed E-state index contributed by atoms with van der Waals surface area (Å²) in [6.45, 7) is -0.311. The Bertz CT molecular complexity index is 1080. The summed E-state index contributed by atoms with van der Waals surface area (Å²) in [6.07, 6.45) is -0.864. The molecule has 1 aromatic heterocycles. The number of rotatable bonds is 4. The summed E-state index contributed by atoms with van der Waals surface area (Å²) in [5.41, 5.74) is 0.834. The van der Waals surface area contributed by atoms with Crippen molar-refractivity contribution in [2.45, 2.75) is 6.10 Å². The van der Waals surface area contributed by atoms with Gasteiger partial charge in [0.05, 0.1) is 5.52 Å². The van der Waals surface area contributed by atoms with Crippen LogP contribution in [0.3, 0.4) is 0 Å². The molecule has 1 unspecified atom stereocenters. The first-order chi connectivity index (χ1) is 13.6. The van der Waals surface area contributed by atoms with Gasteiger partial charge in [0.2, 0.25) is 12.0 Å². The molecule has 0 saturated heterocycles. The normalized spacial score (nSPS) is 15.6. The van der Waals surface area contributed by atoms with E-state index in [0.29, 0.717) is 22.4 Å². The maximum atomic E-state index is 12.2. The van der Waals surface area contributed by atoms with Gasteiger partial charge in [0.1, 0.15) is 13.2 Å². The topological polar surface area (TPSA) is 125 Å². The van der Waals surface area contributed by atoms with E-state index in [9.17, 15) is 14.7 Å². The van der Waals surface area contributed by atoms with Crippen LogP contribution in [0.2, 0.25) is 0 Å². The average molecular weight is 380 g/mol. The zero-order valence-corrected chi connectivity index (χ0v) is 14.6. The van der Waals surface area contributed by atoms with Gasteiger partial charge in [0.25, 0.3) is 11.8 Å². The molecule has 3 aromatic rings. The van der Waals surface area contributed by atoms with Crippen LogP contribution in [0.15, 0.2) is 58.8 Å². The molecule has 9 nitrogen and oxygen atoms in total. The molecule has 28 heavy (non-hydrogen) atoms. The van der Waals surface area contributed by atoms with Gasteiger partial charge in [-0.2, -0.15) is 0 Å². The first-order valence-corrected chi connectivity index (χ1v) is 8.52. The number of hydrogen-bond acceptors (Lipinski definition) is 6. The minimum Gasteiger partial charge on any atom is -0.493 e. The highest BCUT2D eigenvalue weighted by Crippen LogP contribution is 2.35. The molecule has 0 aliphatic carbocycles. The number of aromatic hydroxyl groups is 1. The lowest BCUT2D eigenvalue weighted by Gasteiger charge is -2.25. The van der Waals surface area contributed by atoms with Crippen molar-refractivity contribution in [1.29, 1.82) is 0 Å². The molecule has 1 aliphatic heterocycles. The number of para-hydroxylation sites is 3. The zero-order valence-electron chi connectivity index (χ0n) is 14.6. The maximum Gasteiger partial charge on any atom is 0.283 e. The van der Waals surface area contributed by atoms with Crippen LogP contribution in [0.1, 0.15) is 0 Å². The molecule has 142 valence electrons. The number of fused-ring (bicyclic) bond motifs is 2. The molecule has 0 fully saturated rings. The van der Waals surface area contributed by atoms with Gasteiger partial charge in [0.15, 0.2) is 17.2 Å². The fourth-order valence-electron chi connectivity index (χ4n) is 2.78. The molecule has 4 rings (SSSR count). The van der Waals surface area contributed by atoms with Gasteiger partial charge < -0.3 is 24.9 Å². The van der Waals surface area contributed by atoms with E-state index in [1.807, 2.05) is 0 Å². The molecule has 3 N–H and O–H groups in total. The van der Waals surface area contributed by atoms with Gasteiger partial charge in [-0.25, -0.2) is 0 Å². The lowest BCUT2D eigenvalue weighted by molar-refractivity contribution is -0.132. The van der Waals surface area contributed by atoms with E-state index in [-0.39, 0.29) is 24.7 Å². The summed E-state index contributed by atoms with van der Waals surface area (Å²) in [5.74, 6) is -0.318. The van der Waals surface area contributed by atoms with E-state index in [1.54, 1.807) is 48.5 Å². The van der Waals surface area contributed by atoms with Crippen LogP contribution < -0.4 is 14.8 Å². The van der Waals surface area contributed by atoms with Crippen molar-refractivity contribution in [2.24, 2.45) is 10.2 Å². The lowest BCUT2D eigenvalue weighted by Crippen LogP contribution is -2.45. The van der Waals surface area contributed by atoms with Gasteiger partial charge in [-0.1, -0.05) is 30.3 Å². The summed E-state index contributed by atoms with van der Waals surface area (Å²) in [4.78, 5) is 26.9. The number of ether oxygens (including phenoxy) is 2. The molecule has 2 heterocycles. The number of aromatic nitrogens is 1. The fraction of sp³-hybridized carbons (Fsp3) is 0.158. The zero-order chi connectivity index (χ0) is 19.5. The Kier molecular flexibility index (Phi) is 4.63. The number of H-pyrrole nitrogens is 1. The molecule has 1 atom stereocenters. The molecular formula is C19H16N4O5. The molecule has 0 spiro atoms. The summed E-state index contributed by atoms with van der Waals surface area (Å²) in [6, 6.07) is 14.1. The van der Waals surface area contributed by atoms with Crippen molar-refractivity contribution in [1.82, 2.24) is 10.3 Å². The molecule has 2 amide bonds. The van der Waals surface area contributed by atoms with E-state index in [1.165, 1.54) is 0 Å². The molecule has 9 heteroatoms. The van der Waals surface area contributed by atoms with Crippen LogP contribution in [0, 0.1) is 0 Å². The van der Waals surface area contributed by atoms with Gasteiger partial charge in [-0.3, -0.25) is 9.59 Å². The first kappa shape index (κ1) is 17.5. The standard InChI is InChI=1S/C19H16N4O5/c24-16(22-23-17-11-5-1-2-6-12(11)21-19(17)26)9-20-18(25)15-10-27-13-7-3-4-8-14(13)28-15/h1-8,15,21,26H,9-10H2,(H,20,25). The monoisotopic (exact) mass is 380 g/mol. The van der Waals surface area contributed by atoms with Crippen molar-refractivity contribution in [3.63, 3.8) is 0 Å². The van der Waals surface area contributed by atoms with E-state index in [0.717, 1.165) is 0 Å². The first-order valence-electron chi connectivity index (χ1n) is 8.52. The highest BCUT2D eigenvalue weighted by atomic mass is 16.6. The van der Waals surface area contributed by atoms with Crippen LogP contribution in [-0.2, 0) is 9.59 Å². The molecular weight excluding hydrogens is 364 g/mol. The number of azo groups is 1. The Morgan fingerprint density at radius 2 is 1.89 bits per heavy atom. The summed E-state index contributed by atoms with van der Waals surface area (Å²) < 4.78 is 11.0. The predicted octanol–water partition coefficient (Wildman–Crippen LogP) is 2.44. The Labute approximate surface area is 159 Å². The maximum absolute atomic E-state index is 12.2. The highest BCUT2D eigenvalue weighted by Gasteiger charge is 2.27. The quantitative estimate of drug-likeness (QED) is 0.600. The number of nitrogens with one attached hydrogen (secondary N) is 2. The minimum absolute atomic E-state index is 0.0434. The number of carbonyl (C=O) groups excluding carboxylic acids is 2. The van der Waals surface area contributed by atoms with Crippen molar-refractivity contribution < 1.29 is 24.2 Å². The molecule has 1 aliphatic rings. The van der Waals surface area contributed by atoms with Crippen molar-refractivity contribution in [3.05, 3.63) is 48.5 Å². The number of hydrogen-bond donors (Lipinski definition) is 3. The largest absolute Gasteiger partial charge is 0.493 e. The number of nitrogens with zero attached hydrogens (tertiary/aromatic N) is 2. The molecule has 0 bridgehead atoms. The molecule has 0 saturated carbocycles. The summed E-state index contributed by atoms with van der Waals surface area (Å²) in [5, 5.41) is 20.3. The Morgan fingerprint density at radius 3 is 2.75 bits per heavy atom. The van der Waals surface area contributed by atoms with E-state index >= 15 is 0 Å². The molecule has 0 radical (unpaired) electrons. The van der Waals surface area contributed by atoms with Gasteiger partial charge in [-0.05, 0) is 18.2 Å². The SMILES string of the molecule is O=C(CNC(=O)C1COc2ccccc2O1)N=Nc1c(O)[nH]c2ccccc12. The number of aromatic amines is 1. The third-order valence-electron chi connectivity index (χ3n) is 4.14. The second kappa shape index (κ2) is 7.39. The second-order valence-electron chi connectivity index (χ2n) is 6.04. The van der Waals surface area contributed by atoms with Crippen molar-refractivity contribution in [2.75, 3.05) is 13.2 Å². The number of carbonyl (C=O) groups is 2. The molecule has 2 aromatic carbocycles. The van der Waals surface area contributed by atoms with Crippen molar-refractivity contribution >= 4 is 28.4 Å². The van der Waals surface area contributed by atoms with Gasteiger partial charge >= 0.3 is 0 Å². The predicted molar refractivity (Wildman–Crippen MR) is 98.8 cm³/mol. The average Bonchev–Trinajstić information content (AvgIpc) is 3.05. The van der Waals surface area contributed by atoms with E-state index in [4.69, 9.17) is 9.47 Å². The van der Waals surface area contributed by atoms with Gasteiger partial charge in [0, 0.05) is 5.39 Å². The minimum atomic E-state index is -0.864. The Balaban J connectivity index is 1.35.